The van der Waals surface area contributed by atoms with Gasteiger partial charge in [0.1, 0.15) is 6.11 Å². The Morgan fingerprint density at radius 1 is 1.12 bits per heavy atom. The standard InChI is InChI=1S/C9H5F3O3S.K.H/c10-9(11,12)16(13,14)15-7-6-8-4-2-1-3-5-8;;/h1-5H;;. The van der Waals surface area contributed by atoms with E-state index < -0.39 is 15.6 Å². The van der Waals surface area contributed by atoms with Crippen molar-refractivity contribution in [2.24, 2.45) is 0 Å². The second-order valence-electron chi connectivity index (χ2n) is 2.58. The summed E-state index contributed by atoms with van der Waals surface area (Å²) in [5.41, 5.74) is -5.11. The predicted molar refractivity (Wildman–Crippen MR) is 56.5 cm³/mol. The van der Waals surface area contributed by atoms with Gasteiger partial charge in [0.25, 0.3) is 0 Å². The van der Waals surface area contributed by atoms with E-state index in [-0.39, 0.29) is 51.4 Å². The molecule has 0 unspecified atom stereocenters. The van der Waals surface area contributed by atoms with Gasteiger partial charge in [-0.3, -0.25) is 0 Å². The number of hydrogen-bond donors (Lipinski definition) is 0. The summed E-state index contributed by atoms with van der Waals surface area (Å²) in [6.45, 7) is 0. The molecule has 1 rings (SSSR count). The minimum atomic E-state index is -5.64. The summed E-state index contributed by atoms with van der Waals surface area (Å²) in [7, 11) is -5.64. The molecule has 0 fully saturated rings. The van der Waals surface area contributed by atoms with Crippen LogP contribution in [0.1, 0.15) is 5.56 Å². The Balaban J connectivity index is 0.00000256. The van der Waals surface area contributed by atoms with Crippen molar-refractivity contribution >= 4 is 61.5 Å². The Bertz CT molecular complexity index is 514. The summed E-state index contributed by atoms with van der Waals surface area (Å²) >= 11 is 0. The number of halogens is 3. The van der Waals surface area contributed by atoms with Crippen LogP contribution < -0.4 is 0 Å². The molecule has 0 saturated carbocycles. The summed E-state index contributed by atoms with van der Waals surface area (Å²) < 4.78 is 59.6. The zero-order chi connectivity index (χ0) is 12.2. The normalized spacial score (nSPS) is 10.8. The van der Waals surface area contributed by atoms with Crippen LogP contribution in [0.3, 0.4) is 0 Å². The Morgan fingerprint density at radius 3 is 2.12 bits per heavy atom. The third-order valence-electron chi connectivity index (χ3n) is 1.40. The predicted octanol–water partition coefficient (Wildman–Crippen LogP) is 1.21. The maximum atomic E-state index is 11.8. The van der Waals surface area contributed by atoms with E-state index in [2.05, 4.69) is 10.1 Å². The van der Waals surface area contributed by atoms with Crippen LogP contribution in [0.5, 0.6) is 0 Å². The molecule has 88 valence electrons. The van der Waals surface area contributed by atoms with E-state index in [1.54, 1.807) is 18.2 Å². The van der Waals surface area contributed by atoms with E-state index in [0.29, 0.717) is 5.56 Å². The minimum absolute atomic E-state index is 0. The molecule has 0 bridgehead atoms. The van der Waals surface area contributed by atoms with Crippen molar-refractivity contribution in [1.82, 2.24) is 0 Å². The number of rotatable bonds is 1. The van der Waals surface area contributed by atoms with E-state index >= 15 is 0 Å². The van der Waals surface area contributed by atoms with Crippen molar-refractivity contribution in [2.75, 3.05) is 0 Å². The number of benzene rings is 1. The van der Waals surface area contributed by atoms with Gasteiger partial charge in [-0.05, 0) is 18.1 Å². The van der Waals surface area contributed by atoms with E-state index in [0.717, 1.165) is 0 Å². The van der Waals surface area contributed by atoms with Crippen molar-refractivity contribution in [3.05, 3.63) is 35.9 Å². The summed E-state index contributed by atoms with van der Waals surface area (Å²) in [4.78, 5) is 0. The van der Waals surface area contributed by atoms with Gasteiger partial charge in [-0.1, -0.05) is 18.2 Å². The average Bonchev–Trinajstić information content (AvgIpc) is 2.17. The van der Waals surface area contributed by atoms with Crippen LogP contribution in [0.2, 0.25) is 0 Å². The molecule has 8 heteroatoms. The second kappa shape index (κ2) is 6.77. The van der Waals surface area contributed by atoms with Gasteiger partial charge in [0.05, 0.1) is 0 Å². The van der Waals surface area contributed by atoms with Crippen molar-refractivity contribution in [3.63, 3.8) is 0 Å². The molecule has 0 spiro atoms. The molecule has 0 aromatic heterocycles. The average molecular weight is 290 g/mol. The van der Waals surface area contributed by atoms with Crippen LogP contribution in [0.15, 0.2) is 30.3 Å². The van der Waals surface area contributed by atoms with Gasteiger partial charge < -0.3 is 4.18 Å². The molecule has 1 aromatic rings. The number of hydrogen-bond acceptors (Lipinski definition) is 3. The summed E-state index contributed by atoms with van der Waals surface area (Å²) in [5, 5.41) is 0. The summed E-state index contributed by atoms with van der Waals surface area (Å²) in [5.74, 6) is 2.12. The van der Waals surface area contributed by atoms with Gasteiger partial charge in [0.15, 0.2) is 0 Å². The van der Waals surface area contributed by atoms with Crippen molar-refractivity contribution in [2.45, 2.75) is 5.51 Å². The van der Waals surface area contributed by atoms with E-state index in [1.807, 2.05) is 0 Å². The maximum absolute atomic E-state index is 11.8. The van der Waals surface area contributed by atoms with E-state index in [1.165, 1.54) is 18.2 Å². The van der Waals surface area contributed by atoms with Gasteiger partial charge >= 0.3 is 67.0 Å². The number of alkyl halides is 3. The molecule has 1 aromatic carbocycles. The van der Waals surface area contributed by atoms with E-state index in [9.17, 15) is 21.6 Å². The molecule has 3 nitrogen and oxygen atoms in total. The topological polar surface area (TPSA) is 43.4 Å². The Kier molecular flexibility index (Phi) is 6.76. The molecule has 0 aliphatic carbocycles. The molecule has 0 aliphatic heterocycles. The fraction of sp³-hybridized carbons (Fsp3) is 0.111. The molecule has 0 heterocycles. The van der Waals surface area contributed by atoms with Gasteiger partial charge in [0, 0.05) is 5.56 Å². The van der Waals surface area contributed by atoms with Gasteiger partial charge in [0.2, 0.25) is 0 Å². The molecule has 0 amide bonds. The molecule has 17 heavy (non-hydrogen) atoms. The van der Waals surface area contributed by atoms with E-state index in [4.69, 9.17) is 0 Å². The quantitative estimate of drug-likeness (QED) is 0.338. The monoisotopic (exact) mass is 290 g/mol. The first-order valence-corrected chi connectivity index (χ1v) is 5.29. The molecule has 0 radical (unpaired) electrons. The van der Waals surface area contributed by atoms with Gasteiger partial charge in [-0.2, -0.15) is 21.6 Å². The fourth-order valence-electron chi connectivity index (χ4n) is 0.703. The van der Waals surface area contributed by atoms with Gasteiger partial charge in [-0.25, -0.2) is 0 Å². The van der Waals surface area contributed by atoms with Crippen molar-refractivity contribution in [1.29, 1.82) is 0 Å². The first kappa shape index (κ1) is 17.0. The molecule has 0 aliphatic rings. The second-order valence-corrected chi connectivity index (χ2v) is 4.11. The summed E-state index contributed by atoms with van der Waals surface area (Å²) in [6.07, 6.45) is 1.49. The van der Waals surface area contributed by atoms with Crippen LogP contribution in [0.4, 0.5) is 13.2 Å². The van der Waals surface area contributed by atoms with Crippen LogP contribution in [-0.2, 0) is 14.3 Å². The third-order valence-corrected chi connectivity index (χ3v) is 2.27. The van der Waals surface area contributed by atoms with Crippen LogP contribution in [0.25, 0.3) is 0 Å². The Morgan fingerprint density at radius 2 is 1.65 bits per heavy atom. The van der Waals surface area contributed by atoms with Crippen LogP contribution in [0, 0.1) is 12.0 Å². The molecule has 0 N–H and O–H groups in total. The zero-order valence-corrected chi connectivity index (χ0v) is 8.47. The SMILES string of the molecule is O=S(=O)(OC#Cc1ccccc1)C(F)(F)F.[KH]. The third kappa shape index (κ3) is 5.42. The van der Waals surface area contributed by atoms with Crippen molar-refractivity contribution in [3.8, 4) is 12.0 Å². The van der Waals surface area contributed by atoms with Crippen molar-refractivity contribution < 1.29 is 25.8 Å². The van der Waals surface area contributed by atoms with Crippen LogP contribution >= 0.6 is 0 Å². The zero-order valence-electron chi connectivity index (χ0n) is 7.65. The molecular weight excluding hydrogens is 284 g/mol. The first-order chi connectivity index (χ1) is 7.33. The summed E-state index contributed by atoms with van der Waals surface area (Å²) in [6, 6.07) is 7.87. The Hall–Kier alpha value is -0.0436. The Labute approximate surface area is 139 Å². The molecular formula is C9H6F3KO3S. The first-order valence-electron chi connectivity index (χ1n) is 3.89. The van der Waals surface area contributed by atoms with Crippen LogP contribution in [-0.4, -0.2) is 65.3 Å². The molecule has 0 saturated heterocycles. The molecule has 0 atom stereocenters. The van der Waals surface area contributed by atoms with Gasteiger partial charge in [-0.15, -0.1) is 0 Å². The fourth-order valence-corrected chi connectivity index (χ4v) is 0.949.